The van der Waals surface area contributed by atoms with E-state index in [0.29, 0.717) is 11.8 Å². The van der Waals surface area contributed by atoms with Crippen molar-refractivity contribution in [3.8, 4) is 0 Å². The van der Waals surface area contributed by atoms with Crippen LogP contribution in [0.2, 0.25) is 5.15 Å². The lowest BCUT2D eigenvalue weighted by atomic mass is 10.0. The van der Waals surface area contributed by atoms with Crippen molar-refractivity contribution in [1.82, 2.24) is 10.3 Å². The molecule has 1 heterocycles. The molecule has 4 unspecified atom stereocenters. The van der Waals surface area contributed by atoms with Gasteiger partial charge in [0.25, 0.3) is 11.6 Å². The molecule has 1 aromatic heterocycles. The van der Waals surface area contributed by atoms with Crippen LogP contribution in [0.5, 0.6) is 0 Å². The predicted molar refractivity (Wildman–Crippen MR) is 75.0 cm³/mol. The normalized spacial score (nSPS) is 35.4. The van der Waals surface area contributed by atoms with Crippen LogP contribution in [0.25, 0.3) is 0 Å². The molecule has 1 N–H and O–H groups in total. The summed E-state index contributed by atoms with van der Waals surface area (Å²) in [4.78, 5) is 26.2. The maximum atomic E-state index is 12.3. The van der Waals surface area contributed by atoms with E-state index in [2.05, 4.69) is 10.3 Å². The Morgan fingerprint density at radius 2 is 2.05 bits per heavy atom. The number of amides is 1. The van der Waals surface area contributed by atoms with Crippen molar-refractivity contribution in [2.75, 3.05) is 0 Å². The lowest BCUT2D eigenvalue weighted by Gasteiger charge is -2.11. The number of aromatic nitrogens is 1. The summed E-state index contributed by atoms with van der Waals surface area (Å²) in [5.41, 5.74) is -0.135. The molecule has 3 aliphatic rings. The zero-order chi connectivity index (χ0) is 14.7. The molecule has 0 aromatic carbocycles. The fraction of sp³-hybridized carbons (Fsp3) is 0.571. The van der Waals surface area contributed by atoms with Gasteiger partial charge in [-0.1, -0.05) is 11.6 Å². The van der Waals surface area contributed by atoms with Gasteiger partial charge in [-0.25, -0.2) is 4.98 Å². The molecule has 6 nitrogen and oxygen atoms in total. The third-order valence-corrected chi connectivity index (χ3v) is 5.61. The van der Waals surface area contributed by atoms with Crippen LogP contribution in [0.3, 0.4) is 0 Å². The molecule has 1 aromatic rings. The Morgan fingerprint density at radius 3 is 2.67 bits per heavy atom. The molecule has 0 aliphatic heterocycles. The molecule has 1 amide bonds. The first kappa shape index (κ1) is 13.0. The molecule has 21 heavy (non-hydrogen) atoms. The maximum Gasteiger partial charge on any atom is 0.288 e. The molecule has 0 radical (unpaired) electrons. The van der Waals surface area contributed by atoms with Crippen LogP contribution in [0, 0.1) is 33.8 Å². The van der Waals surface area contributed by atoms with Gasteiger partial charge in [0.2, 0.25) is 0 Å². The number of pyridine rings is 1. The van der Waals surface area contributed by atoms with Crippen molar-refractivity contribution in [3.05, 3.63) is 33.1 Å². The summed E-state index contributed by atoms with van der Waals surface area (Å²) in [7, 11) is 0. The molecular formula is C14H14ClN3O3. The average Bonchev–Trinajstić information content (AvgIpc) is 2.83. The second kappa shape index (κ2) is 4.40. The smallest absolute Gasteiger partial charge is 0.288 e. The van der Waals surface area contributed by atoms with E-state index in [1.54, 1.807) is 0 Å². The summed E-state index contributed by atoms with van der Waals surface area (Å²) in [5, 5.41) is 13.8. The van der Waals surface area contributed by atoms with Crippen LogP contribution >= 0.6 is 11.6 Å². The third kappa shape index (κ3) is 1.92. The Kier molecular flexibility index (Phi) is 2.73. The minimum atomic E-state index is -0.577. The van der Waals surface area contributed by atoms with Crippen LogP contribution in [0.15, 0.2) is 12.3 Å². The second-order valence-electron chi connectivity index (χ2n) is 6.28. The van der Waals surface area contributed by atoms with Crippen molar-refractivity contribution in [3.63, 3.8) is 0 Å². The summed E-state index contributed by atoms with van der Waals surface area (Å²) < 4.78 is 0. The van der Waals surface area contributed by atoms with Gasteiger partial charge >= 0.3 is 0 Å². The number of hydrogen-bond acceptors (Lipinski definition) is 4. The monoisotopic (exact) mass is 307 g/mol. The highest BCUT2D eigenvalue weighted by atomic mass is 35.5. The second-order valence-corrected chi connectivity index (χ2v) is 6.63. The van der Waals surface area contributed by atoms with E-state index >= 15 is 0 Å². The quantitative estimate of drug-likeness (QED) is 0.528. The first-order chi connectivity index (χ1) is 10.1. The third-order valence-electron chi connectivity index (χ3n) is 5.31. The predicted octanol–water partition coefficient (Wildman–Crippen LogP) is 2.42. The average molecular weight is 308 g/mol. The molecule has 3 aliphatic carbocycles. The number of carbonyl (C=O) groups is 1. The molecular weight excluding hydrogens is 294 g/mol. The highest BCUT2D eigenvalue weighted by molar-refractivity contribution is 6.32. The number of fused-ring (bicyclic) bond motifs is 5. The van der Waals surface area contributed by atoms with E-state index in [-0.39, 0.29) is 28.4 Å². The number of nitrogens with zero attached hydrogens (tertiary/aromatic N) is 2. The molecule has 3 saturated carbocycles. The minimum Gasteiger partial charge on any atom is -0.349 e. The lowest BCUT2D eigenvalue weighted by Crippen LogP contribution is -2.30. The lowest BCUT2D eigenvalue weighted by molar-refractivity contribution is -0.385. The highest BCUT2D eigenvalue weighted by Gasteiger charge is 2.65. The summed E-state index contributed by atoms with van der Waals surface area (Å²) in [6.45, 7) is 0. The highest BCUT2D eigenvalue weighted by Crippen LogP contribution is 2.65. The van der Waals surface area contributed by atoms with E-state index in [0.717, 1.165) is 18.0 Å². The van der Waals surface area contributed by atoms with Crippen LogP contribution in [0.4, 0.5) is 5.69 Å². The maximum absolute atomic E-state index is 12.3. The molecule has 0 spiro atoms. The number of nitro groups is 1. The Labute approximate surface area is 126 Å². The van der Waals surface area contributed by atoms with Gasteiger partial charge in [0.1, 0.15) is 11.3 Å². The number of halogens is 1. The van der Waals surface area contributed by atoms with E-state index in [1.807, 2.05) is 0 Å². The summed E-state index contributed by atoms with van der Waals surface area (Å²) in [6.07, 6.45) is 4.92. The van der Waals surface area contributed by atoms with Gasteiger partial charge in [0, 0.05) is 12.1 Å². The first-order valence-corrected chi connectivity index (χ1v) is 7.55. The zero-order valence-electron chi connectivity index (χ0n) is 11.2. The van der Waals surface area contributed by atoms with Gasteiger partial charge in [0.15, 0.2) is 0 Å². The van der Waals surface area contributed by atoms with Crippen LogP contribution in [-0.4, -0.2) is 21.9 Å². The summed E-state index contributed by atoms with van der Waals surface area (Å²) >= 11 is 5.90. The molecule has 7 heteroatoms. The largest absolute Gasteiger partial charge is 0.349 e. The number of hydrogen-bond donors (Lipinski definition) is 1. The van der Waals surface area contributed by atoms with Gasteiger partial charge in [-0.2, -0.15) is 0 Å². The summed E-state index contributed by atoms with van der Waals surface area (Å²) in [6, 6.07) is 1.41. The zero-order valence-corrected chi connectivity index (χ0v) is 11.9. The molecule has 0 saturated heterocycles. The molecule has 4 rings (SSSR count). The SMILES string of the molecule is O=C(NC1C2C3CCC(C3)C12)c1cc([N+](=O)[O-])cnc1Cl. The Bertz CT molecular complexity index is 634. The van der Waals surface area contributed by atoms with Crippen molar-refractivity contribution in [2.24, 2.45) is 23.7 Å². The molecule has 3 fully saturated rings. The van der Waals surface area contributed by atoms with E-state index < -0.39 is 4.92 Å². The van der Waals surface area contributed by atoms with Gasteiger partial charge in [-0.3, -0.25) is 14.9 Å². The topological polar surface area (TPSA) is 85.1 Å². The van der Waals surface area contributed by atoms with Gasteiger partial charge in [-0.05, 0) is 42.9 Å². The van der Waals surface area contributed by atoms with Crippen LogP contribution < -0.4 is 5.32 Å². The van der Waals surface area contributed by atoms with Crippen molar-refractivity contribution < 1.29 is 9.72 Å². The standard InChI is InChI=1S/C14H14ClN3O3/c15-13-9(4-8(5-16-13)18(20)21)14(19)17-12-10-6-1-2-7(3-6)11(10)12/h4-7,10-12H,1-3H2,(H,17,19). The van der Waals surface area contributed by atoms with Crippen molar-refractivity contribution in [1.29, 1.82) is 0 Å². The van der Waals surface area contributed by atoms with Gasteiger partial charge < -0.3 is 5.32 Å². The molecule has 110 valence electrons. The van der Waals surface area contributed by atoms with E-state index in [1.165, 1.54) is 25.3 Å². The Hall–Kier alpha value is -1.69. The number of carbonyl (C=O) groups excluding carboxylic acids is 1. The van der Waals surface area contributed by atoms with Crippen LogP contribution in [0.1, 0.15) is 29.6 Å². The van der Waals surface area contributed by atoms with Gasteiger partial charge in [0.05, 0.1) is 10.5 Å². The molecule has 4 atom stereocenters. The van der Waals surface area contributed by atoms with Gasteiger partial charge in [-0.15, -0.1) is 0 Å². The fourth-order valence-electron chi connectivity index (χ4n) is 4.44. The Morgan fingerprint density at radius 1 is 1.38 bits per heavy atom. The van der Waals surface area contributed by atoms with E-state index in [9.17, 15) is 14.9 Å². The van der Waals surface area contributed by atoms with Crippen LogP contribution in [-0.2, 0) is 0 Å². The summed E-state index contributed by atoms with van der Waals surface area (Å²) in [5.74, 6) is 2.37. The minimum absolute atomic E-state index is 0.00637. The molecule has 2 bridgehead atoms. The first-order valence-electron chi connectivity index (χ1n) is 7.17. The fourth-order valence-corrected chi connectivity index (χ4v) is 4.63. The van der Waals surface area contributed by atoms with E-state index in [4.69, 9.17) is 11.6 Å². The Balaban J connectivity index is 1.51. The number of nitrogens with one attached hydrogen (secondary N) is 1. The van der Waals surface area contributed by atoms with Crippen molar-refractivity contribution >= 4 is 23.2 Å². The number of rotatable bonds is 3. The van der Waals surface area contributed by atoms with Crippen molar-refractivity contribution in [2.45, 2.75) is 25.3 Å².